The largest absolute Gasteiger partial charge is 0.378 e. The molecule has 24 heavy (non-hydrogen) atoms. The van der Waals surface area contributed by atoms with Gasteiger partial charge in [-0.05, 0) is 106 Å². The van der Waals surface area contributed by atoms with Gasteiger partial charge in [-0.2, -0.15) is 8.78 Å². The molecule has 0 bridgehead atoms. The maximum absolute atomic E-state index is 12.2. The Hall–Kier alpha value is -0.440. The molecule has 3 heteroatoms. The number of rotatable bonds is 4. The molecular weight excluding hydrogens is 306 g/mol. The van der Waals surface area contributed by atoms with Crippen molar-refractivity contribution in [2.45, 2.75) is 83.7 Å². The number of hydrogen-bond acceptors (Lipinski definition) is 1. The van der Waals surface area contributed by atoms with Crippen LogP contribution in [0.5, 0.6) is 0 Å². The van der Waals surface area contributed by atoms with Crippen LogP contribution in [0, 0.1) is 29.6 Å². The van der Waals surface area contributed by atoms with Crippen molar-refractivity contribution in [1.82, 2.24) is 0 Å². The van der Waals surface area contributed by atoms with Crippen molar-refractivity contribution in [3.63, 3.8) is 0 Å². The normalized spacial score (nSPS) is 41.0. The molecule has 3 fully saturated rings. The minimum atomic E-state index is -1.50. The molecule has 0 spiro atoms. The lowest BCUT2D eigenvalue weighted by Crippen LogP contribution is -2.35. The minimum Gasteiger partial charge on any atom is -0.378 e. The number of allylic oxidation sites excluding steroid dienone is 1. The first-order chi connectivity index (χ1) is 11.6. The van der Waals surface area contributed by atoms with Crippen molar-refractivity contribution < 1.29 is 13.5 Å². The van der Waals surface area contributed by atoms with Gasteiger partial charge in [0.25, 0.3) is 6.08 Å². The first-order valence-corrected chi connectivity index (χ1v) is 10.2. The molecule has 1 aliphatic heterocycles. The van der Waals surface area contributed by atoms with Crippen LogP contribution >= 0.6 is 0 Å². The van der Waals surface area contributed by atoms with E-state index < -0.39 is 6.08 Å². The minimum absolute atomic E-state index is 0.497. The highest BCUT2D eigenvalue weighted by Gasteiger charge is 2.34. The van der Waals surface area contributed by atoms with E-state index in [1.165, 1.54) is 51.4 Å². The molecule has 138 valence electrons. The van der Waals surface area contributed by atoms with Crippen LogP contribution in [0.3, 0.4) is 0 Å². The summed E-state index contributed by atoms with van der Waals surface area (Å²) in [5, 5.41) is 0. The third-order valence-corrected chi connectivity index (χ3v) is 7.04. The molecule has 0 aromatic heterocycles. The zero-order valence-electron chi connectivity index (χ0n) is 15.2. The Balaban J connectivity index is 1.37. The summed E-state index contributed by atoms with van der Waals surface area (Å²) in [6, 6.07) is 0. The summed E-state index contributed by atoms with van der Waals surface area (Å²) in [5.41, 5.74) is 0. The monoisotopic (exact) mass is 340 g/mol. The van der Waals surface area contributed by atoms with Crippen molar-refractivity contribution in [3.05, 3.63) is 12.2 Å². The standard InChI is InChI=1S/C21H34F2O/c1-15-2-12-20(24-14-15)19-10-8-18(9-11-19)17-6-3-16(4-7-17)5-13-21(22)23/h13,15-20H,2-12,14H2,1H3. The van der Waals surface area contributed by atoms with Gasteiger partial charge in [-0.15, -0.1) is 0 Å². The maximum Gasteiger partial charge on any atom is 0.266 e. The molecule has 2 saturated carbocycles. The Morgan fingerprint density at radius 3 is 1.96 bits per heavy atom. The topological polar surface area (TPSA) is 9.23 Å². The van der Waals surface area contributed by atoms with Crippen LogP contribution in [0.15, 0.2) is 12.2 Å². The second-order valence-corrected chi connectivity index (χ2v) is 8.74. The van der Waals surface area contributed by atoms with Gasteiger partial charge in [-0.1, -0.05) is 6.92 Å². The Labute approximate surface area is 146 Å². The fourth-order valence-corrected chi connectivity index (χ4v) is 5.41. The van der Waals surface area contributed by atoms with Crippen molar-refractivity contribution in [2.24, 2.45) is 29.6 Å². The van der Waals surface area contributed by atoms with Gasteiger partial charge in [0.15, 0.2) is 0 Å². The van der Waals surface area contributed by atoms with Gasteiger partial charge in [0.1, 0.15) is 0 Å². The summed E-state index contributed by atoms with van der Waals surface area (Å²) in [7, 11) is 0. The van der Waals surface area contributed by atoms with E-state index in [-0.39, 0.29) is 0 Å². The quantitative estimate of drug-likeness (QED) is 0.561. The summed E-state index contributed by atoms with van der Waals surface area (Å²) < 4.78 is 30.5. The first-order valence-electron chi connectivity index (χ1n) is 10.2. The fraction of sp³-hybridized carbons (Fsp3) is 0.905. The smallest absolute Gasteiger partial charge is 0.266 e. The second kappa shape index (κ2) is 8.78. The van der Waals surface area contributed by atoms with Crippen LogP contribution in [0.25, 0.3) is 0 Å². The average molecular weight is 340 g/mol. The summed E-state index contributed by atoms with van der Waals surface area (Å²) in [6.45, 7) is 3.25. The summed E-state index contributed by atoms with van der Waals surface area (Å²) in [4.78, 5) is 0. The zero-order chi connectivity index (χ0) is 16.9. The number of halogens is 2. The van der Waals surface area contributed by atoms with Crippen molar-refractivity contribution in [3.8, 4) is 0 Å². The molecule has 0 aromatic rings. The van der Waals surface area contributed by atoms with E-state index in [9.17, 15) is 8.78 Å². The second-order valence-electron chi connectivity index (χ2n) is 8.74. The SMILES string of the molecule is CC1CCC(C2CCC(C3CCC(CC=C(F)F)CC3)CC2)OC1. The molecule has 1 saturated heterocycles. The van der Waals surface area contributed by atoms with Gasteiger partial charge in [-0.3, -0.25) is 0 Å². The van der Waals surface area contributed by atoms with Crippen LogP contribution in [0.1, 0.15) is 77.6 Å². The van der Waals surface area contributed by atoms with Gasteiger partial charge in [0, 0.05) is 6.61 Å². The third-order valence-electron chi connectivity index (χ3n) is 7.04. The van der Waals surface area contributed by atoms with E-state index in [1.54, 1.807) is 0 Å². The molecule has 3 rings (SSSR count). The fourth-order valence-electron chi connectivity index (χ4n) is 5.41. The highest BCUT2D eigenvalue weighted by atomic mass is 19.3. The average Bonchev–Trinajstić information content (AvgIpc) is 2.61. The Morgan fingerprint density at radius 1 is 0.833 bits per heavy atom. The van der Waals surface area contributed by atoms with E-state index in [1.807, 2.05) is 0 Å². The van der Waals surface area contributed by atoms with E-state index >= 15 is 0 Å². The predicted molar refractivity (Wildman–Crippen MR) is 94.0 cm³/mol. The summed E-state index contributed by atoms with van der Waals surface area (Å²) >= 11 is 0. The maximum atomic E-state index is 12.2. The molecule has 1 nitrogen and oxygen atoms in total. The Bertz CT molecular complexity index is 394. The number of hydrogen-bond donors (Lipinski definition) is 0. The van der Waals surface area contributed by atoms with Gasteiger partial charge in [0.2, 0.25) is 0 Å². The molecule has 2 atom stereocenters. The molecular formula is C21H34F2O. The highest BCUT2D eigenvalue weighted by Crippen LogP contribution is 2.44. The van der Waals surface area contributed by atoms with Crippen molar-refractivity contribution in [2.75, 3.05) is 6.61 Å². The van der Waals surface area contributed by atoms with Crippen LogP contribution < -0.4 is 0 Å². The van der Waals surface area contributed by atoms with E-state index in [0.29, 0.717) is 18.4 Å². The van der Waals surface area contributed by atoms with E-state index in [0.717, 1.165) is 49.2 Å². The van der Waals surface area contributed by atoms with Gasteiger partial charge < -0.3 is 4.74 Å². The molecule has 0 N–H and O–H groups in total. The van der Waals surface area contributed by atoms with Crippen LogP contribution in [0.4, 0.5) is 8.78 Å². The van der Waals surface area contributed by atoms with Gasteiger partial charge in [-0.25, -0.2) is 0 Å². The third kappa shape index (κ3) is 5.03. The Kier molecular flexibility index (Phi) is 6.71. The molecule has 2 unspecified atom stereocenters. The molecule has 0 aromatic carbocycles. The van der Waals surface area contributed by atoms with Crippen LogP contribution in [-0.2, 0) is 4.74 Å². The van der Waals surface area contributed by atoms with Gasteiger partial charge in [0.05, 0.1) is 6.10 Å². The highest BCUT2D eigenvalue weighted by molar-refractivity contribution is 4.88. The van der Waals surface area contributed by atoms with E-state index in [2.05, 4.69) is 6.92 Å². The lowest BCUT2D eigenvalue weighted by molar-refractivity contribution is -0.0569. The summed E-state index contributed by atoms with van der Waals surface area (Å²) in [5.74, 6) is 3.78. The number of ether oxygens (including phenoxy) is 1. The van der Waals surface area contributed by atoms with Crippen LogP contribution in [-0.4, -0.2) is 12.7 Å². The molecule has 0 amide bonds. The Morgan fingerprint density at radius 2 is 1.42 bits per heavy atom. The molecule has 3 aliphatic rings. The molecule has 1 heterocycles. The lowest BCUT2D eigenvalue weighted by Gasteiger charge is -2.41. The predicted octanol–water partition coefficient (Wildman–Crippen LogP) is 6.58. The lowest BCUT2D eigenvalue weighted by atomic mass is 9.68. The summed E-state index contributed by atoms with van der Waals surface area (Å²) in [6.07, 6.45) is 13.6. The first kappa shape index (κ1) is 18.4. The van der Waals surface area contributed by atoms with Crippen LogP contribution in [0.2, 0.25) is 0 Å². The zero-order valence-corrected chi connectivity index (χ0v) is 15.2. The van der Waals surface area contributed by atoms with Crippen molar-refractivity contribution in [1.29, 1.82) is 0 Å². The molecule has 2 aliphatic carbocycles. The van der Waals surface area contributed by atoms with Gasteiger partial charge >= 0.3 is 0 Å². The van der Waals surface area contributed by atoms with Crippen molar-refractivity contribution >= 4 is 0 Å². The molecule has 0 radical (unpaired) electrons. The van der Waals surface area contributed by atoms with E-state index in [4.69, 9.17) is 4.74 Å².